The van der Waals surface area contributed by atoms with E-state index in [9.17, 15) is 9.59 Å². The second-order valence-corrected chi connectivity index (χ2v) is 13.8. The van der Waals surface area contributed by atoms with Crippen molar-refractivity contribution in [2.45, 2.75) is 80.8 Å². The lowest BCUT2D eigenvalue weighted by Gasteiger charge is -2.18. The van der Waals surface area contributed by atoms with Crippen molar-refractivity contribution in [2.75, 3.05) is 18.1 Å². The molecule has 0 spiro atoms. The van der Waals surface area contributed by atoms with E-state index in [2.05, 4.69) is 0 Å². The van der Waals surface area contributed by atoms with Crippen LogP contribution in [0.15, 0.2) is 30.3 Å². The monoisotopic (exact) mass is 514 g/mol. The molecule has 2 heterocycles. The van der Waals surface area contributed by atoms with Crippen LogP contribution in [-0.2, 0) is 19.1 Å². The molecule has 0 bridgehead atoms. The number of benzene rings is 1. The lowest BCUT2D eigenvalue weighted by atomic mass is 10.1. The minimum Gasteiger partial charge on any atom is -0.461 e. The first-order valence-electron chi connectivity index (χ1n) is 11.7. The van der Waals surface area contributed by atoms with Gasteiger partial charge in [-0.15, -0.1) is 0 Å². The Morgan fingerprint density at radius 2 is 1.44 bits per heavy atom. The summed E-state index contributed by atoms with van der Waals surface area (Å²) in [4.78, 5) is 24.7. The molecule has 0 radical (unpaired) electrons. The molecule has 178 valence electrons. The van der Waals surface area contributed by atoms with Gasteiger partial charge in [0.25, 0.3) is 0 Å². The van der Waals surface area contributed by atoms with Gasteiger partial charge in [0.15, 0.2) is 6.10 Å². The van der Waals surface area contributed by atoms with E-state index < -0.39 is 6.10 Å². The molecule has 3 unspecified atom stereocenters. The van der Waals surface area contributed by atoms with Crippen LogP contribution >= 0.6 is 43.2 Å². The molecule has 2 fully saturated rings. The molecule has 3 rings (SSSR count). The largest absolute Gasteiger partial charge is 0.461 e. The first-order valence-corrected chi connectivity index (χ1v) is 16.4. The molecule has 1 aromatic rings. The molecule has 8 heteroatoms. The predicted octanol–water partition coefficient (Wildman–Crippen LogP) is 7.24. The van der Waals surface area contributed by atoms with Crippen LogP contribution in [0.2, 0.25) is 0 Å². The van der Waals surface area contributed by atoms with Gasteiger partial charge in [-0.2, -0.15) is 0 Å². The number of unbranched alkanes of at least 4 members (excludes halogenated alkanes) is 2. The zero-order valence-electron chi connectivity index (χ0n) is 18.6. The van der Waals surface area contributed by atoms with Crippen molar-refractivity contribution < 1.29 is 19.1 Å². The number of carbonyl (C=O) groups excluding carboxylic acids is 2. The number of hydrogen-bond acceptors (Lipinski definition) is 8. The average Bonchev–Trinajstić information content (AvgIpc) is 3.52. The highest BCUT2D eigenvalue weighted by molar-refractivity contribution is 8.77. The second-order valence-electron chi connectivity index (χ2n) is 8.22. The van der Waals surface area contributed by atoms with Crippen LogP contribution < -0.4 is 0 Å². The molecule has 2 aliphatic heterocycles. The Balaban J connectivity index is 1.35. The summed E-state index contributed by atoms with van der Waals surface area (Å²) < 4.78 is 11.2. The fraction of sp³-hybridized carbons (Fsp3) is 0.667. The normalized spacial score (nSPS) is 21.4. The van der Waals surface area contributed by atoms with Gasteiger partial charge in [-0.3, -0.25) is 9.59 Å². The second kappa shape index (κ2) is 15.5. The molecule has 2 saturated heterocycles. The summed E-state index contributed by atoms with van der Waals surface area (Å²) in [5.41, 5.74) is 0.865. The van der Waals surface area contributed by atoms with Crippen molar-refractivity contribution in [3.05, 3.63) is 35.9 Å². The Hall–Kier alpha value is -0.440. The van der Waals surface area contributed by atoms with Crippen LogP contribution in [0.4, 0.5) is 0 Å². The van der Waals surface area contributed by atoms with E-state index in [-0.39, 0.29) is 18.5 Å². The topological polar surface area (TPSA) is 52.6 Å². The highest BCUT2D eigenvalue weighted by Gasteiger charge is 2.20. The van der Waals surface area contributed by atoms with Gasteiger partial charge in [-0.05, 0) is 44.1 Å². The zero-order valence-corrected chi connectivity index (χ0v) is 21.8. The number of ether oxygens (including phenoxy) is 2. The van der Waals surface area contributed by atoms with Gasteiger partial charge in [-0.1, -0.05) is 86.3 Å². The van der Waals surface area contributed by atoms with Crippen LogP contribution in [0.25, 0.3) is 0 Å². The summed E-state index contributed by atoms with van der Waals surface area (Å²) in [5, 5.41) is 1.48. The van der Waals surface area contributed by atoms with Crippen molar-refractivity contribution in [3.63, 3.8) is 0 Å². The van der Waals surface area contributed by atoms with Gasteiger partial charge in [-0.25, -0.2) is 0 Å². The van der Waals surface area contributed by atoms with Crippen molar-refractivity contribution >= 4 is 55.1 Å². The Bertz CT molecular complexity index is 676. The quantitative estimate of drug-likeness (QED) is 0.146. The fourth-order valence-corrected chi connectivity index (χ4v) is 9.79. The maximum Gasteiger partial charge on any atom is 0.306 e. The van der Waals surface area contributed by atoms with Gasteiger partial charge in [0.2, 0.25) is 0 Å². The smallest absolute Gasteiger partial charge is 0.306 e. The van der Waals surface area contributed by atoms with Crippen molar-refractivity contribution in [2.24, 2.45) is 0 Å². The molecule has 32 heavy (non-hydrogen) atoms. The summed E-state index contributed by atoms with van der Waals surface area (Å²) in [7, 11) is 7.87. The maximum atomic E-state index is 12.4. The summed E-state index contributed by atoms with van der Waals surface area (Å²) >= 11 is 0. The first-order chi connectivity index (χ1) is 15.7. The first kappa shape index (κ1) is 26.2. The Morgan fingerprint density at radius 3 is 2.00 bits per heavy atom. The Labute approximate surface area is 208 Å². The van der Waals surface area contributed by atoms with Crippen LogP contribution in [0.1, 0.15) is 75.9 Å². The van der Waals surface area contributed by atoms with E-state index in [1.165, 1.54) is 37.2 Å². The van der Waals surface area contributed by atoms with Crippen molar-refractivity contribution in [1.29, 1.82) is 0 Å². The lowest BCUT2D eigenvalue weighted by Crippen LogP contribution is -2.19. The number of rotatable bonds is 14. The standard InChI is InChI=1S/C24H34O4S4/c25-23(12-6-4-10-20-14-16-29-31-20)27-18-22(19-8-2-1-3-9-19)28-24(26)13-7-5-11-21-15-17-30-32-21/h1-3,8-9,20-22H,4-7,10-18H2. The van der Waals surface area contributed by atoms with E-state index in [0.29, 0.717) is 12.8 Å². The molecule has 0 amide bonds. The molecular formula is C24H34O4S4. The summed E-state index contributed by atoms with van der Waals surface area (Å²) in [6, 6.07) is 9.58. The van der Waals surface area contributed by atoms with Crippen LogP contribution in [0.5, 0.6) is 0 Å². The third-order valence-electron chi connectivity index (χ3n) is 5.61. The summed E-state index contributed by atoms with van der Waals surface area (Å²) in [5.74, 6) is 2.07. The summed E-state index contributed by atoms with van der Waals surface area (Å²) in [6.07, 6.45) is 9.02. The lowest BCUT2D eigenvalue weighted by molar-refractivity contribution is -0.159. The average molecular weight is 515 g/mol. The van der Waals surface area contributed by atoms with Gasteiger partial charge >= 0.3 is 11.9 Å². The number of esters is 2. The third kappa shape index (κ3) is 10.2. The maximum absolute atomic E-state index is 12.4. The highest BCUT2D eigenvalue weighted by atomic mass is 33.1. The molecule has 0 aromatic heterocycles. The van der Waals surface area contributed by atoms with Gasteiger partial charge < -0.3 is 9.47 Å². The Morgan fingerprint density at radius 1 is 0.844 bits per heavy atom. The van der Waals surface area contributed by atoms with E-state index in [1.807, 2.05) is 73.5 Å². The fourth-order valence-electron chi connectivity index (χ4n) is 3.74. The molecule has 0 saturated carbocycles. The highest BCUT2D eigenvalue weighted by Crippen LogP contribution is 2.40. The minimum absolute atomic E-state index is 0.0830. The zero-order chi connectivity index (χ0) is 22.4. The van der Waals surface area contributed by atoms with Crippen LogP contribution in [-0.4, -0.2) is 40.6 Å². The van der Waals surface area contributed by atoms with E-state index >= 15 is 0 Å². The molecule has 0 aliphatic carbocycles. The number of carbonyl (C=O) groups is 2. The van der Waals surface area contributed by atoms with E-state index in [0.717, 1.165) is 41.7 Å². The molecule has 2 aliphatic rings. The van der Waals surface area contributed by atoms with Crippen molar-refractivity contribution in [1.82, 2.24) is 0 Å². The van der Waals surface area contributed by atoms with Gasteiger partial charge in [0.05, 0.1) is 0 Å². The SMILES string of the molecule is O=C(CCCCC1CCSS1)OCC(OC(=O)CCCCC1CCSS1)c1ccccc1. The van der Waals surface area contributed by atoms with Gasteiger partial charge in [0.1, 0.15) is 6.61 Å². The molecular weight excluding hydrogens is 481 g/mol. The number of hydrogen-bond donors (Lipinski definition) is 0. The summed E-state index contributed by atoms with van der Waals surface area (Å²) in [6.45, 7) is 0.0830. The van der Waals surface area contributed by atoms with Crippen molar-refractivity contribution in [3.8, 4) is 0 Å². The minimum atomic E-state index is -0.540. The molecule has 1 aromatic carbocycles. The van der Waals surface area contributed by atoms with Crippen LogP contribution in [0.3, 0.4) is 0 Å². The third-order valence-corrected chi connectivity index (χ3v) is 11.6. The molecule has 0 N–H and O–H groups in total. The van der Waals surface area contributed by atoms with Gasteiger partial charge in [0, 0.05) is 34.8 Å². The molecule has 4 nitrogen and oxygen atoms in total. The Kier molecular flexibility index (Phi) is 12.6. The predicted molar refractivity (Wildman–Crippen MR) is 140 cm³/mol. The van der Waals surface area contributed by atoms with E-state index in [4.69, 9.17) is 9.47 Å². The molecule has 3 atom stereocenters. The van der Waals surface area contributed by atoms with E-state index in [1.54, 1.807) is 0 Å². The van der Waals surface area contributed by atoms with Crippen LogP contribution in [0, 0.1) is 0 Å².